The van der Waals surface area contributed by atoms with Gasteiger partial charge in [0.1, 0.15) is 0 Å². The summed E-state index contributed by atoms with van der Waals surface area (Å²) < 4.78 is 0.923. The van der Waals surface area contributed by atoms with Crippen molar-refractivity contribution in [1.29, 1.82) is 0 Å². The second-order valence-corrected chi connectivity index (χ2v) is 5.43. The maximum atomic E-state index is 12.0. The number of carbonyl (C=O) groups excluding carboxylic acids is 1. The lowest BCUT2D eigenvalue weighted by molar-refractivity contribution is 0.0928. The SMILES string of the molecule is Cl.NCC1CCCC1NC(=O)c1cccc(Br)c1. The molecule has 1 aromatic carbocycles. The van der Waals surface area contributed by atoms with Crippen LogP contribution in [0.2, 0.25) is 0 Å². The molecular weight excluding hydrogens is 316 g/mol. The molecule has 0 aliphatic heterocycles. The highest BCUT2D eigenvalue weighted by Gasteiger charge is 2.27. The Kier molecular flexibility index (Phi) is 6.12. The van der Waals surface area contributed by atoms with Crippen molar-refractivity contribution in [3.8, 4) is 0 Å². The number of halogens is 2. The topological polar surface area (TPSA) is 55.1 Å². The Morgan fingerprint density at radius 2 is 2.22 bits per heavy atom. The standard InChI is InChI=1S/C13H17BrN2O.ClH/c14-11-5-1-3-9(7-11)13(17)16-12-6-2-4-10(12)8-15;/h1,3,5,7,10,12H,2,4,6,8,15H2,(H,16,17);1H. The summed E-state index contributed by atoms with van der Waals surface area (Å²) in [4.78, 5) is 12.0. The normalized spacial score (nSPS) is 22.3. The van der Waals surface area contributed by atoms with E-state index in [1.807, 2.05) is 24.3 Å². The molecule has 3 nitrogen and oxygen atoms in total. The van der Waals surface area contributed by atoms with Gasteiger partial charge in [0.2, 0.25) is 0 Å². The molecule has 0 radical (unpaired) electrons. The van der Waals surface area contributed by atoms with Crippen molar-refractivity contribution in [2.24, 2.45) is 11.7 Å². The van der Waals surface area contributed by atoms with Crippen molar-refractivity contribution in [2.75, 3.05) is 6.54 Å². The minimum Gasteiger partial charge on any atom is -0.349 e. The predicted molar refractivity (Wildman–Crippen MR) is 79.0 cm³/mol. The van der Waals surface area contributed by atoms with Gasteiger partial charge in [0.05, 0.1) is 0 Å². The predicted octanol–water partition coefficient (Wildman–Crippen LogP) is 2.73. The van der Waals surface area contributed by atoms with E-state index < -0.39 is 0 Å². The third-order valence-corrected chi connectivity index (χ3v) is 3.86. The quantitative estimate of drug-likeness (QED) is 0.893. The van der Waals surface area contributed by atoms with E-state index in [0.29, 0.717) is 18.0 Å². The van der Waals surface area contributed by atoms with Gasteiger partial charge in [-0.15, -0.1) is 12.4 Å². The molecule has 5 heteroatoms. The Bertz CT molecular complexity index is 414. The van der Waals surface area contributed by atoms with Gasteiger partial charge < -0.3 is 11.1 Å². The van der Waals surface area contributed by atoms with E-state index in [2.05, 4.69) is 21.2 Å². The Hall–Kier alpha value is -0.580. The largest absolute Gasteiger partial charge is 0.349 e. The lowest BCUT2D eigenvalue weighted by Crippen LogP contribution is -2.39. The van der Waals surface area contributed by atoms with Gasteiger partial charge in [-0.05, 0) is 43.5 Å². The van der Waals surface area contributed by atoms with Crippen LogP contribution in [0.3, 0.4) is 0 Å². The van der Waals surface area contributed by atoms with Crippen LogP contribution >= 0.6 is 28.3 Å². The molecule has 1 amide bonds. The fourth-order valence-corrected chi connectivity index (χ4v) is 2.79. The van der Waals surface area contributed by atoms with Gasteiger partial charge in [-0.25, -0.2) is 0 Å². The van der Waals surface area contributed by atoms with Gasteiger partial charge in [-0.1, -0.05) is 28.4 Å². The zero-order valence-corrected chi connectivity index (χ0v) is 12.5. The number of benzene rings is 1. The number of rotatable bonds is 3. The van der Waals surface area contributed by atoms with Crippen LogP contribution in [0.25, 0.3) is 0 Å². The first-order valence-electron chi connectivity index (χ1n) is 5.97. The first kappa shape index (κ1) is 15.5. The molecule has 3 N–H and O–H groups in total. The van der Waals surface area contributed by atoms with Crippen molar-refractivity contribution >= 4 is 34.2 Å². The number of hydrogen-bond acceptors (Lipinski definition) is 2. The molecule has 2 rings (SSSR count). The van der Waals surface area contributed by atoms with Gasteiger partial charge >= 0.3 is 0 Å². The molecule has 0 aromatic heterocycles. The minimum atomic E-state index is -0.00310. The van der Waals surface area contributed by atoms with Crippen molar-refractivity contribution < 1.29 is 4.79 Å². The summed E-state index contributed by atoms with van der Waals surface area (Å²) in [7, 11) is 0. The molecule has 2 atom stereocenters. The van der Waals surface area contributed by atoms with Crippen LogP contribution in [0.5, 0.6) is 0 Å². The molecular formula is C13H18BrClN2O. The Morgan fingerprint density at radius 1 is 1.44 bits per heavy atom. The number of nitrogens with two attached hydrogens (primary N) is 1. The van der Waals surface area contributed by atoms with Gasteiger partial charge in [0.25, 0.3) is 5.91 Å². The molecule has 0 saturated heterocycles. The molecule has 0 bridgehead atoms. The van der Waals surface area contributed by atoms with Gasteiger partial charge in [-0.3, -0.25) is 4.79 Å². The van der Waals surface area contributed by atoms with Crippen LogP contribution in [0, 0.1) is 5.92 Å². The summed E-state index contributed by atoms with van der Waals surface area (Å²) in [6.07, 6.45) is 3.33. The molecule has 1 aliphatic carbocycles. The van der Waals surface area contributed by atoms with Crippen molar-refractivity contribution in [3.63, 3.8) is 0 Å². The second kappa shape index (κ2) is 7.12. The minimum absolute atomic E-state index is 0. The van der Waals surface area contributed by atoms with Crippen molar-refractivity contribution in [3.05, 3.63) is 34.3 Å². The average molecular weight is 334 g/mol. The molecule has 1 fully saturated rings. The van der Waals surface area contributed by atoms with Crippen LogP contribution in [0.15, 0.2) is 28.7 Å². The van der Waals surface area contributed by atoms with E-state index in [1.54, 1.807) is 0 Å². The van der Waals surface area contributed by atoms with E-state index in [4.69, 9.17) is 5.73 Å². The summed E-state index contributed by atoms with van der Waals surface area (Å²) in [6.45, 7) is 0.656. The Morgan fingerprint density at radius 3 is 2.89 bits per heavy atom. The smallest absolute Gasteiger partial charge is 0.251 e. The highest BCUT2D eigenvalue weighted by Crippen LogP contribution is 2.25. The van der Waals surface area contributed by atoms with Crippen LogP contribution < -0.4 is 11.1 Å². The Labute approximate surface area is 122 Å². The lowest BCUT2D eigenvalue weighted by atomic mass is 10.0. The van der Waals surface area contributed by atoms with E-state index in [9.17, 15) is 4.79 Å². The highest BCUT2D eigenvalue weighted by atomic mass is 79.9. The first-order valence-corrected chi connectivity index (χ1v) is 6.76. The zero-order valence-electron chi connectivity index (χ0n) is 10.1. The highest BCUT2D eigenvalue weighted by molar-refractivity contribution is 9.10. The molecule has 0 heterocycles. The number of hydrogen-bond donors (Lipinski definition) is 2. The third kappa shape index (κ3) is 3.70. The molecule has 100 valence electrons. The monoisotopic (exact) mass is 332 g/mol. The van der Waals surface area contributed by atoms with Crippen LogP contribution in [-0.4, -0.2) is 18.5 Å². The fourth-order valence-electron chi connectivity index (χ4n) is 2.39. The Balaban J connectivity index is 0.00000162. The summed E-state index contributed by atoms with van der Waals surface area (Å²) in [5.74, 6) is 0.433. The summed E-state index contributed by atoms with van der Waals surface area (Å²) in [5, 5.41) is 3.08. The van der Waals surface area contributed by atoms with Crippen molar-refractivity contribution in [1.82, 2.24) is 5.32 Å². The number of amides is 1. The molecule has 1 saturated carbocycles. The van der Waals surface area contributed by atoms with Gasteiger partial charge in [0.15, 0.2) is 0 Å². The summed E-state index contributed by atoms with van der Waals surface area (Å²) >= 11 is 3.37. The molecule has 0 spiro atoms. The van der Waals surface area contributed by atoms with Crippen molar-refractivity contribution in [2.45, 2.75) is 25.3 Å². The van der Waals surface area contributed by atoms with Gasteiger partial charge in [-0.2, -0.15) is 0 Å². The molecule has 1 aromatic rings. The van der Waals surface area contributed by atoms with Crippen LogP contribution in [0.1, 0.15) is 29.6 Å². The molecule has 1 aliphatic rings. The maximum Gasteiger partial charge on any atom is 0.251 e. The zero-order chi connectivity index (χ0) is 12.3. The van der Waals surface area contributed by atoms with Gasteiger partial charge in [0, 0.05) is 16.1 Å². The number of carbonyl (C=O) groups is 1. The summed E-state index contributed by atoms with van der Waals surface area (Å²) in [5.41, 5.74) is 6.40. The van der Waals surface area contributed by atoms with E-state index in [1.165, 1.54) is 0 Å². The first-order chi connectivity index (χ1) is 8.20. The number of nitrogens with one attached hydrogen (secondary N) is 1. The molecule has 2 unspecified atom stereocenters. The van der Waals surface area contributed by atoms with Crippen LogP contribution in [0.4, 0.5) is 0 Å². The summed E-state index contributed by atoms with van der Waals surface area (Å²) in [6, 6.07) is 7.68. The average Bonchev–Trinajstić information content (AvgIpc) is 2.76. The second-order valence-electron chi connectivity index (χ2n) is 4.52. The lowest BCUT2D eigenvalue weighted by Gasteiger charge is -2.19. The van der Waals surface area contributed by atoms with E-state index in [0.717, 1.165) is 23.7 Å². The van der Waals surface area contributed by atoms with E-state index in [-0.39, 0.29) is 24.4 Å². The fraction of sp³-hybridized carbons (Fsp3) is 0.462. The maximum absolute atomic E-state index is 12.0. The third-order valence-electron chi connectivity index (χ3n) is 3.37. The van der Waals surface area contributed by atoms with E-state index >= 15 is 0 Å². The molecule has 18 heavy (non-hydrogen) atoms. The van der Waals surface area contributed by atoms with Crippen LogP contribution in [-0.2, 0) is 0 Å².